The molecule has 1 aliphatic rings. The van der Waals surface area contributed by atoms with Gasteiger partial charge in [-0.3, -0.25) is 9.20 Å². The Morgan fingerprint density at radius 3 is 2.53 bits per heavy atom. The highest BCUT2D eigenvalue weighted by Gasteiger charge is 2.22. The number of nitrogens with zero attached hydrogens (tertiary/aromatic N) is 6. The van der Waals surface area contributed by atoms with Gasteiger partial charge in [-0.25, -0.2) is 14.5 Å². The van der Waals surface area contributed by atoms with Gasteiger partial charge in [-0.05, 0) is 51.5 Å². The lowest BCUT2D eigenvalue weighted by atomic mass is 10.1. The second kappa shape index (κ2) is 6.91. The van der Waals surface area contributed by atoms with Gasteiger partial charge in [0, 0.05) is 37.4 Å². The average molecular weight is 403 g/mol. The van der Waals surface area contributed by atoms with Gasteiger partial charge in [-0.2, -0.15) is 5.10 Å². The van der Waals surface area contributed by atoms with E-state index in [4.69, 9.17) is 4.98 Å². The van der Waals surface area contributed by atoms with Crippen LogP contribution in [0.2, 0.25) is 0 Å². The standard InChI is InChI=1S/C22H25N7O/c1-13-7-17(27-9-14(2)23-15(3)10-27)12-28-21(30)8-19(25-22(13)28)18-5-6-20-24-16(4)11-29(20)26-18/h5-8,11-12,14-15,23H,9-10H2,1-4H3/t14-,15-/m0/s1. The largest absolute Gasteiger partial charge is 0.367 e. The van der Waals surface area contributed by atoms with Crippen molar-refractivity contribution in [3.05, 3.63) is 58.3 Å². The number of fused-ring (bicyclic) bond motifs is 2. The van der Waals surface area contributed by atoms with E-state index in [-0.39, 0.29) is 5.56 Å². The van der Waals surface area contributed by atoms with Crippen molar-refractivity contribution >= 4 is 17.0 Å². The lowest BCUT2D eigenvalue weighted by Gasteiger charge is -2.37. The van der Waals surface area contributed by atoms with Crippen molar-refractivity contribution in [2.24, 2.45) is 0 Å². The van der Waals surface area contributed by atoms with Crippen LogP contribution in [-0.2, 0) is 0 Å². The smallest absolute Gasteiger partial charge is 0.258 e. The first-order valence-corrected chi connectivity index (χ1v) is 10.3. The van der Waals surface area contributed by atoms with Gasteiger partial charge in [0.15, 0.2) is 5.65 Å². The van der Waals surface area contributed by atoms with Crippen molar-refractivity contribution < 1.29 is 0 Å². The first kappa shape index (κ1) is 18.7. The van der Waals surface area contributed by atoms with Crippen molar-refractivity contribution in [3.8, 4) is 11.4 Å². The number of piperazine rings is 1. The fourth-order valence-electron chi connectivity index (χ4n) is 4.33. The van der Waals surface area contributed by atoms with Crippen LogP contribution < -0.4 is 15.8 Å². The first-order valence-electron chi connectivity index (χ1n) is 10.3. The van der Waals surface area contributed by atoms with Gasteiger partial charge in [-0.15, -0.1) is 0 Å². The molecule has 0 aromatic carbocycles. The Hall–Kier alpha value is -3.26. The molecule has 8 nitrogen and oxygen atoms in total. The number of hydrogen-bond acceptors (Lipinski definition) is 6. The van der Waals surface area contributed by atoms with Crippen LogP contribution in [-0.4, -0.2) is 49.2 Å². The van der Waals surface area contributed by atoms with Gasteiger partial charge >= 0.3 is 0 Å². The Bertz CT molecular complexity index is 1310. The number of aromatic nitrogens is 5. The average Bonchev–Trinajstić information content (AvgIpc) is 3.06. The molecule has 1 fully saturated rings. The third-order valence-electron chi connectivity index (χ3n) is 5.56. The van der Waals surface area contributed by atoms with Crippen molar-refractivity contribution in [2.75, 3.05) is 18.0 Å². The fourth-order valence-corrected chi connectivity index (χ4v) is 4.33. The second-order valence-corrected chi connectivity index (χ2v) is 8.33. The van der Waals surface area contributed by atoms with Gasteiger partial charge in [0.05, 0.1) is 23.3 Å². The summed E-state index contributed by atoms with van der Waals surface area (Å²) in [7, 11) is 0. The van der Waals surface area contributed by atoms with E-state index < -0.39 is 0 Å². The molecule has 0 bridgehead atoms. The van der Waals surface area contributed by atoms with Crippen LogP contribution in [0.5, 0.6) is 0 Å². The number of aryl methyl sites for hydroxylation is 2. The van der Waals surface area contributed by atoms with Gasteiger partial charge in [0.2, 0.25) is 0 Å². The maximum Gasteiger partial charge on any atom is 0.258 e. The minimum Gasteiger partial charge on any atom is -0.367 e. The maximum atomic E-state index is 13.0. The van der Waals surface area contributed by atoms with E-state index in [1.165, 1.54) is 0 Å². The second-order valence-electron chi connectivity index (χ2n) is 8.33. The highest BCUT2D eigenvalue weighted by Crippen LogP contribution is 2.22. The summed E-state index contributed by atoms with van der Waals surface area (Å²) in [6, 6.07) is 8.21. The summed E-state index contributed by atoms with van der Waals surface area (Å²) in [5.74, 6) is 0. The number of nitrogens with one attached hydrogen (secondary N) is 1. The number of hydrogen-bond donors (Lipinski definition) is 1. The molecule has 0 amide bonds. The summed E-state index contributed by atoms with van der Waals surface area (Å²) in [5.41, 5.74) is 5.43. The van der Waals surface area contributed by atoms with Crippen molar-refractivity contribution in [2.45, 2.75) is 39.8 Å². The molecule has 4 aromatic rings. The number of anilines is 1. The molecule has 0 unspecified atom stereocenters. The van der Waals surface area contributed by atoms with Crippen LogP contribution in [0.3, 0.4) is 0 Å². The van der Waals surface area contributed by atoms with Crippen molar-refractivity contribution in [1.29, 1.82) is 0 Å². The van der Waals surface area contributed by atoms with Crippen LogP contribution >= 0.6 is 0 Å². The van der Waals surface area contributed by atoms with Crippen molar-refractivity contribution in [3.63, 3.8) is 0 Å². The maximum absolute atomic E-state index is 13.0. The highest BCUT2D eigenvalue weighted by molar-refractivity contribution is 5.63. The minimum absolute atomic E-state index is 0.111. The number of pyridine rings is 1. The molecule has 8 heteroatoms. The Balaban J connectivity index is 1.60. The van der Waals surface area contributed by atoms with E-state index in [1.54, 1.807) is 15.0 Å². The first-order chi connectivity index (χ1) is 14.4. The summed E-state index contributed by atoms with van der Waals surface area (Å²) >= 11 is 0. The molecule has 5 rings (SSSR count). The summed E-state index contributed by atoms with van der Waals surface area (Å²) in [4.78, 5) is 24.5. The Labute approximate surface area is 174 Å². The molecule has 1 saturated heterocycles. The molecule has 4 aromatic heterocycles. The third kappa shape index (κ3) is 3.23. The number of rotatable bonds is 2. The predicted molar refractivity (Wildman–Crippen MR) is 117 cm³/mol. The lowest BCUT2D eigenvalue weighted by molar-refractivity contribution is 0.406. The summed E-state index contributed by atoms with van der Waals surface area (Å²) in [6.07, 6.45) is 3.77. The zero-order valence-corrected chi connectivity index (χ0v) is 17.6. The monoisotopic (exact) mass is 403 g/mol. The zero-order chi connectivity index (χ0) is 21.0. The SMILES string of the molecule is Cc1cn2nc(-c3cc(=O)n4cc(N5C[C@H](C)N[C@@H](C)C5)cc(C)c4n3)ccc2n1. The molecule has 0 radical (unpaired) electrons. The molecule has 0 spiro atoms. The normalized spacial score (nSPS) is 19.7. The van der Waals surface area contributed by atoms with Crippen LogP contribution in [0.1, 0.15) is 25.1 Å². The molecule has 1 N–H and O–H groups in total. The predicted octanol–water partition coefficient (Wildman–Crippen LogP) is 2.21. The van der Waals surface area contributed by atoms with E-state index in [1.807, 2.05) is 38.4 Å². The van der Waals surface area contributed by atoms with Gasteiger partial charge in [0.25, 0.3) is 5.56 Å². The molecular formula is C22H25N7O. The Morgan fingerprint density at radius 2 is 1.77 bits per heavy atom. The summed E-state index contributed by atoms with van der Waals surface area (Å²) < 4.78 is 3.36. The van der Waals surface area contributed by atoms with E-state index >= 15 is 0 Å². The van der Waals surface area contributed by atoms with E-state index in [0.717, 1.165) is 35.7 Å². The highest BCUT2D eigenvalue weighted by atomic mass is 16.1. The Morgan fingerprint density at radius 1 is 1.00 bits per heavy atom. The minimum atomic E-state index is -0.111. The quantitative estimate of drug-likeness (QED) is 0.553. The van der Waals surface area contributed by atoms with Crippen LogP contribution in [0.25, 0.3) is 22.7 Å². The molecule has 0 saturated carbocycles. The van der Waals surface area contributed by atoms with Gasteiger partial charge in [-0.1, -0.05) is 0 Å². The van der Waals surface area contributed by atoms with Crippen LogP contribution in [0.15, 0.2) is 41.5 Å². The van der Waals surface area contributed by atoms with Crippen LogP contribution in [0.4, 0.5) is 5.69 Å². The molecule has 154 valence electrons. The Kier molecular flexibility index (Phi) is 4.32. The molecule has 2 atom stereocenters. The zero-order valence-electron chi connectivity index (χ0n) is 17.6. The topological polar surface area (TPSA) is 79.8 Å². The number of imidazole rings is 1. The van der Waals surface area contributed by atoms with Crippen molar-refractivity contribution in [1.82, 2.24) is 29.3 Å². The summed E-state index contributed by atoms with van der Waals surface area (Å²) in [5, 5.41) is 8.13. The molecule has 0 aliphatic carbocycles. The molecule has 30 heavy (non-hydrogen) atoms. The third-order valence-corrected chi connectivity index (χ3v) is 5.56. The van der Waals surface area contributed by atoms with E-state index in [9.17, 15) is 4.79 Å². The summed E-state index contributed by atoms with van der Waals surface area (Å²) in [6.45, 7) is 10.1. The molecule has 1 aliphatic heterocycles. The molecule has 5 heterocycles. The lowest BCUT2D eigenvalue weighted by Crippen LogP contribution is -2.54. The van der Waals surface area contributed by atoms with E-state index in [0.29, 0.717) is 29.1 Å². The molecular weight excluding hydrogens is 378 g/mol. The van der Waals surface area contributed by atoms with Gasteiger partial charge < -0.3 is 10.2 Å². The van der Waals surface area contributed by atoms with Gasteiger partial charge in [0.1, 0.15) is 11.3 Å². The van der Waals surface area contributed by atoms with Crippen LogP contribution in [0, 0.1) is 13.8 Å². The fraction of sp³-hybridized carbons (Fsp3) is 0.364. The van der Waals surface area contributed by atoms with E-state index in [2.05, 4.69) is 40.2 Å².